The number of nitrogens with one attached hydrogen (secondary N) is 1. The summed E-state index contributed by atoms with van der Waals surface area (Å²) in [4.78, 5) is 12.5. The van der Waals surface area contributed by atoms with Crippen LogP contribution in [0.3, 0.4) is 0 Å². The van der Waals surface area contributed by atoms with Crippen LogP contribution in [0.25, 0.3) is 17.1 Å². The average molecular weight is 514 g/mol. The number of thioether (sulfide) groups is 1. The Morgan fingerprint density at radius 2 is 1.81 bits per heavy atom. The van der Waals surface area contributed by atoms with E-state index in [1.165, 1.54) is 11.8 Å². The Labute approximate surface area is 198 Å². The molecule has 0 aliphatic heterocycles. The molecule has 0 fully saturated rings. The first-order chi connectivity index (χ1) is 15.0. The third-order valence-electron chi connectivity index (χ3n) is 4.50. The van der Waals surface area contributed by atoms with Crippen LogP contribution in [0.5, 0.6) is 0 Å². The van der Waals surface area contributed by atoms with Crippen molar-refractivity contribution in [1.82, 2.24) is 14.8 Å². The predicted molar refractivity (Wildman–Crippen MR) is 130 cm³/mol. The number of hydrogen-bond acceptors (Lipinski definition) is 4. The molecule has 4 rings (SSSR count). The first-order valence-corrected chi connectivity index (χ1v) is 11.6. The number of carbonyl (C=O) groups excluding carboxylic acids is 1. The molecule has 156 valence electrons. The van der Waals surface area contributed by atoms with Crippen LogP contribution in [-0.4, -0.2) is 26.4 Å². The minimum atomic E-state index is -0.172. The molecule has 0 atom stereocenters. The largest absolute Gasteiger partial charge is 0.324 e. The van der Waals surface area contributed by atoms with E-state index in [9.17, 15) is 4.79 Å². The van der Waals surface area contributed by atoms with Crippen molar-refractivity contribution in [3.63, 3.8) is 0 Å². The molecular weight excluding hydrogens is 496 g/mol. The monoisotopic (exact) mass is 512 g/mol. The number of hydrogen-bond donors (Lipinski definition) is 1. The van der Waals surface area contributed by atoms with Gasteiger partial charge in [0.1, 0.15) is 0 Å². The van der Waals surface area contributed by atoms with Crippen LogP contribution in [0, 0.1) is 6.92 Å². The van der Waals surface area contributed by atoms with Crippen molar-refractivity contribution in [2.24, 2.45) is 0 Å². The number of halogens is 2. The van der Waals surface area contributed by atoms with Crippen LogP contribution >= 0.6 is 39.3 Å². The average Bonchev–Trinajstić information content (AvgIpc) is 3.19. The van der Waals surface area contributed by atoms with Gasteiger partial charge in [-0.2, -0.15) is 0 Å². The van der Waals surface area contributed by atoms with Crippen molar-refractivity contribution in [2.45, 2.75) is 12.1 Å². The predicted octanol–water partition coefficient (Wildman–Crippen LogP) is 6.39. The second kappa shape index (κ2) is 9.68. The van der Waals surface area contributed by atoms with Gasteiger partial charge in [0.25, 0.3) is 0 Å². The molecule has 0 aliphatic carbocycles. The van der Waals surface area contributed by atoms with Gasteiger partial charge in [0.05, 0.1) is 16.5 Å². The van der Waals surface area contributed by atoms with Crippen molar-refractivity contribution in [2.75, 3.05) is 11.1 Å². The van der Waals surface area contributed by atoms with Crippen LogP contribution in [0.2, 0.25) is 5.02 Å². The summed E-state index contributed by atoms with van der Waals surface area (Å²) in [5.41, 5.74) is 3.63. The highest BCUT2D eigenvalue weighted by Gasteiger charge is 2.17. The second-order valence-electron chi connectivity index (χ2n) is 6.80. The zero-order valence-corrected chi connectivity index (χ0v) is 19.7. The van der Waals surface area contributed by atoms with E-state index in [0.29, 0.717) is 15.9 Å². The third kappa shape index (κ3) is 5.18. The lowest BCUT2D eigenvalue weighted by atomic mass is 10.2. The van der Waals surface area contributed by atoms with Gasteiger partial charge in [-0.1, -0.05) is 87.3 Å². The summed E-state index contributed by atoms with van der Waals surface area (Å²) in [5.74, 6) is 0.725. The molecule has 1 N–H and O–H groups in total. The molecule has 1 aromatic heterocycles. The number of anilines is 1. The molecule has 0 aliphatic rings. The number of rotatable bonds is 6. The number of nitrogens with zero attached hydrogens (tertiary/aromatic N) is 3. The van der Waals surface area contributed by atoms with Gasteiger partial charge in [-0.3, -0.25) is 9.36 Å². The molecule has 0 saturated carbocycles. The van der Waals surface area contributed by atoms with Gasteiger partial charge in [-0.05, 0) is 37.3 Å². The molecule has 4 aromatic rings. The van der Waals surface area contributed by atoms with Crippen molar-refractivity contribution >= 4 is 50.9 Å². The van der Waals surface area contributed by atoms with Crippen LogP contribution in [-0.2, 0) is 4.79 Å². The molecule has 31 heavy (non-hydrogen) atoms. The van der Waals surface area contributed by atoms with Crippen molar-refractivity contribution in [1.29, 1.82) is 0 Å². The zero-order chi connectivity index (χ0) is 21.8. The van der Waals surface area contributed by atoms with Crippen LogP contribution in [0.1, 0.15) is 5.56 Å². The van der Waals surface area contributed by atoms with Gasteiger partial charge in [0.15, 0.2) is 11.0 Å². The van der Waals surface area contributed by atoms with E-state index in [2.05, 4.69) is 31.4 Å². The Balaban J connectivity index is 1.58. The molecule has 0 saturated heterocycles. The molecule has 1 heterocycles. The normalized spacial score (nSPS) is 10.8. The molecule has 0 spiro atoms. The van der Waals surface area contributed by atoms with E-state index in [4.69, 9.17) is 11.6 Å². The fourth-order valence-corrected chi connectivity index (χ4v) is 4.44. The Morgan fingerprint density at radius 3 is 2.52 bits per heavy atom. The minimum Gasteiger partial charge on any atom is -0.324 e. The molecular formula is C23H18BrClN4OS. The first kappa shape index (κ1) is 21.6. The Kier molecular flexibility index (Phi) is 6.75. The van der Waals surface area contributed by atoms with E-state index >= 15 is 0 Å². The quantitative estimate of drug-likeness (QED) is 0.304. The maximum Gasteiger partial charge on any atom is 0.234 e. The first-order valence-electron chi connectivity index (χ1n) is 9.47. The van der Waals surface area contributed by atoms with Crippen molar-refractivity contribution < 1.29 is 4.79 Å². The highest BCUT2D eigenvalue weighted by atomic mass is 79.9. The van der Waals surface area contributed by atoms with Gasteiger partial charge in [0.2, 0.25) is 5.91 Å². The summed E-state index contributed by atoms with van der Waals surface area (Å²) < 4.78 is 2.82. The summed E-state index contributed by atoms with van der Waals surface area (Å²) in [7, 11) is 0. The third-order valence-corrected chi connectivity index (χ3v) is 6.23. The fourth-order valence-electron chi connectivity index (χ4n) is 2.97. The standard InChI is InChI=1S/C23H18BrClN4OS/c1-15-7-10-18(11-8-15)29-22(16-5-3-2-4-6-16)27-28-23(29)31-14-21(30)26-20-12-9-17(24)13-19(20)25/h2-13H,14H2,1H3,(H,26,30). The molecule has 0 unspecified atom stereocenters. The van der Waals surface area contributed by atoms with E-state index in [1.54, 1.807) is 12.1 Å². The minimum absolute atomic E-state index is 0.172. The van der Waals surface area contributed by atoms with Crippen molar-refractivity contribution in [3.8, 4) is 17.1 Å². The van der Waals surface area contributed by atoms with Gasteiger partial charge in [0, 0.05) is 15.7 Å². The number of aromatic nitrogens is 3. The maximum absolute atomic E-state index is 12.5. The molecule has 3 aromatic carbocycles. The van der Waals surface area contributed by atoms with Gasteiger partial charge >= 0.3 is 0 Å². The van der Waals surface area contributed by atoms with E-state index in [0.717, 1.165) is 27.1 Å². The Bertz CT molecular complexity index is 1210. The lowest BCUT2D eigenvalue weighted by Gasteiger charge is -2.11. The molecule has 1 amide bonds. The van der Waals surface area contributed by atoms with Crippen molar-refractivity contribution in [3.05, 3.63) is 87.9 Å². The summed E-state index contributed by atoms with van der Waals surface area (Å²) >= 11 is 10.9. The number of benzene rings is 3. The van der Waals surface area contributed by atoms with E-state index in [1.807, 2.05) is 72.2 Å². The number of carbonyl (C=O) groups is 1. The molecule has 0 radical (unpaired) electrons. The zero-order valence-electron chi connectivity index (χ0n) is 16.5. The maximum atomic E-state index is 12.5. The topological polar surface area (TPSA) is 59.8 Å². The second-order valence-corrected chi connectivity index (χ2v) is 9.07. The summed E-state index contributed by atoms with van der Waals surface area (Å²) in [6, 6.07) is 23.3. The van der Waals surface area contributed by atoms with E-state index < -0.39 is 0 Å². The lowest BCUT2D eigenvalue weighted by molar-refractivity contribution is -0.113. The van der Waals surface area contributed by atoms with Gasteiger partial charge < -0.3 is 5.32 Å². The summed E-state index contributed by atoms with van der Waals surface area (Å²) in [5, 5.41) is 12.7. The SMILES string of the molecule is Cc1ccc(-n2c(SCC(=O)Nc3ccc(Br)cc3Cl)nnc2-c2ccccc2)cc1. The van der Waals surface area contributed by atoms with Crippen LogP contribution in [0.4, 0.5) is 5.69 Å². The smallest absolute Gasteiger partial charge is 0.234 e. The van der Waals surface area contributed by atoms with Crippen LogP contribution < -0.4 is 5.32 Å². The fraction of sp³-hybridized carbons (Fsp3) is 0.0870. The number of aryl methyl sites for hydroxylation is 1. The number of amides is 1. The summed E-state index contributed by atoms with van der Waals surface area (Å²) in [6.07, 6.45) is 0. The van der Waals surface area contributed by atoms with Gasteiger partial charge in [-0.15, -0.1) is 10.2 Å². The molecule has 8 heteroatoms. The molecule has 5 nitrogen and oxygen atoms in total. The van der Waals surface area contributed by atoms with Gasteiger partial charge in [-0.25, -0.2) is 0 Å². The summed E-state index contributed by atoms with van der Waals surface area (Å²) in [6.45, 7) is 2.04. The lowest BCUT2D eigenvalue weighted by Crippen LogP contribution is -2.15. The van der Waals surface area contributed by atoms with Crippen LogP contribution in [0.15, 0.2) is 82.4 Å². The highest BCUT2D eigenvalue weighted by Crippen LogP contribution is 2.29. The Hall–Kier alpha value is -2.61. The molecule has 0 bridgehead atoms. The Morgan fingerprint density at radius 1 is 1.06 bits per heavy atom. The van der Waals surface area contributed by atoms with E-state index in [-0.39, 0.29) is 11.7 Å². The highest BCUT2D eigenvalue weighted by molar-refractivity contribution is 9.10.